The van der Waals surface area contributed by atoms with Gasteiger partial charge in [0.05, 0.1) is 15.9 Å². The average molecular weight is 339 g/mol. The molecular formula is C19H30O3S. The standard InChI is InChI=1S/C19H30O3S/c1-6-7-8-18(14(2)3)19(13-16(5)20)23(21,22)17-11-9-15(4)10-12-17/h9-14,16,18,20H,6-8H2,1-5H3/b19-13-/t16-,18-/m0/s1. The first-order chi connectivity index (χ1) is 10.7. The number of aliphatic hydroxyl groups is 1. The van der Waals surface area contributed by atoms with E-state index in [2.05, 4.69) is 6.92 Å². The SMILES string of the molecule is CCCC[C@H](/C(=C/[C@H](C)O)S(=O)(=O)c1ccc(C)cc1)C(C)C. The van der Waals surface area contributed by atoms with Crippen molar-refractivity contribution >= 4 is 9.84 Å². The van der Waals surface area contributed by atoms with Gasteiger partial charge in [0.2, 0.25) is 9.84 Å². The van der Waals surface area contributed by atoms with Crippen LogP contribution in [0.15, 0.2) is 40.1 Å². The molecule has 1 rings (SSSR count). The zero-order chi connectivity index (χ0) is 17.6. The fourth-order valence-corrected chi connectivity index (χ4v) is 4.66. The van der Waals surface area contributed by atoms with E-state index in [1.165, 1.54) is 6.08 Å². The van der Waals surface area contributed by atoms with Gasteiger partial charge in [0, 0.05) is 0 Å². The largest absolute Gasteiger partial charge is 0.389 e. The lowest BCUT2D eigenvalue weighted by Gasteiger charge is -2.25. The minimum Gasteiger partial charge on any atom is -0.389 e. The summed E-state index contributed by atoms with van der Waals surface area (Å²) in [5.74, 6) is 0.127. The van der Waals surface area contributed by atoms with E-state index in [1.807, 2.05) is 32.9 Å². The molecule has 0 bridgehead atoms. The highest BCUT2D eigenvalue weighted by Gasteiger charge is 2.30. The molecule has 0 saturated carbocycles. The molecule has 0 saturated heterocycles. The van der Waals surface area contributed by atoms with Crippen LogP contribution in [0.25, 0.3) is 0 Å². The zero-order valence-corrected chi connectivity index (χ0v) is 15.7. The number of aliphatic hydroxyl groups excluding tert-OH is 1. The summed E-state index contributed by atoms with van der Waals surface area (Å²) < 4.78 is 26.2. The molecule has 0 spiro atoms. The predicted molar refractivity (Wildman–Crippen MR) is 96.0 cm³/mol. The van der Waals surface area contributed by atoms with E-state index in [1.54, 1.807) is 19.1 Å². The van der Waals surface area contributed by atoms with E-state index in [0.29, 0.717) is 9.80 Å². The lowest BCUT2D eigenvalue weighted by atomic mass is 9.89. The molecule has 23 heavy (non-hydrogen) atoms. The molecule has 0 aliphatic rings. The van der Waals surface area contributed by atoms with Crippen LogP contribution in [0.4, 0.5) is 0 Å². The molecule has 130 valence electrons. The first kappa shape index (κ1) is 19.9. The van der Waals surface area contributed by atoms with Crippen molar-refractivity contribution in [1.29, 1.82) is 0 Å². The van der Waals surface area contributed by atoms with E-state index >= 15 is 0 Å². The van der Waals surface area contributed by atoms with E-state index in [-0.39, 0.29) is 11.8 Å². The van der Waals surface area contributed by atoms with Crippen molar-refractivity contribution in [3.8, 4) is 0 Å². The number of benzene rings is 1. The lowest BCUT2D eigenvalue weighted by molar-refractivity contribution is 0.241. The molecule has 2 atom stereocenters. The number of rotatable bonds is 8. The van der Waals surface area contributed by atoms with Crippen molar-refractivity contribution in [1.82, 2.24) is 0 Å². The van der Waals surface area contributed by atoms with Crippen LogP contribution < -0.4 is 0 Å². The number of hydrogen-bond donors (Lipinski definition) is 1. The van der Waals surface area contributed by atoms with E-state index in [9.17, 15) is 13.5 Å². The van der Waals surface area contributed by atoms with Crippen molar-refractivity contribution in [3.63, 3.8) is 0 Å². The molecular weight excluding hydrogens is 308 g/mol. The van der Waals surface area contributed by atoms with Gasteiger partial charge in [-0.1, -0.05) is 51.3 Å². The van der Waals surface area contributed by atoms with Crippen LogP contribution in [0, 0.1) is 18.8 Å². The van der Waals surface area contributed by atoms with Gasteiger partial charge in [0.15, 0.2) is 0 Å². The molecule has 0 radical (unpaired) electrons. The third kappa shape index (κ3) is 5.47. The summed E-state index contributed by atoms with van der Waals surface area (Å²) in [5.41, 5.74) is 1.02. The summed E-state index contributed by atoms with van der Waals surface area (Å²) in [5, 5.41) is 9.79. The van der Waals surface area contributed by atoms with Gasteiger partial charge in [-0.2, -0.15) is 0 Å². The van der Waals surface area contributed by atoms with Crippen molar-refractivity contribution in [2.45, 2.75) is 64.9 Å². The van der Waals surface area contributed by atoms with Crippen LogP contribution in [-0.2, 0) is 9.84 Å². The highest BCUT2D eigenvalue weighted by atomic mass is 32.2. The van der Waals surface area contributed by atoms with Crippen LogP contribution in [0.3, 0.4) is 0 Å². The van der Waals surface area contributed by atoms with E-state index in [0.717, 1.165) is 24.8 Å². The minimum atomic E-state index is -3.59. The second-order valence-corrected chi connectivity index (χ2v) is 8.57. The molecule has 0 aromatic heterocycles. The highest BCUT2D eigenvalue weighted by molar-refractivity contribution is 7.95. The monoisotopic (exact) mass is 338 g/mol. The van der Waals surface area contributed by atoms with Gasteiger partial charge >= 0.3 is 0 Å². The Morgan fingerprint density at radius 2 is 1.74 bits per heavy atom. The number of sulfone groups is 1. The lowest BCUT2D eigenvalue weighted by Crippen LogP contribution is -2.21. The zero-order valence-electron chi connectivity index (χ0n) is 14.9. The second kappa shape index (κ2) is 8.65. The molecule has 0 fully saturated rings. The number of aryl methyl sites for hydroxylation is 1. The Labute approximate surface area is 141 Å². The Balaban J connectivity index is 3.36. The third-order valence-corrected chi connectivity index (χ3v) is 6.04. The topological polar surface area (TPSA) is 54.4 Å². The smallest absolute Gasteiger partial charge is 0.202 e. The van der Waals surface area contributed by atoms with E-state index < -0.39 is 15.9 Å². The fourth-order valence-electron chi connectivity index (χ4n) is 2.73. The normalized spacial score (nSPS) is 15.7. The summed E-state index contributed by atoms with van der Waals surface area (Å²) in [6, 6.07) is 6.92. The summed E-state index contributed by atoms with van der Waals surface area (Å²) in [4.78, 5) is 0.664. The fraction of sp³-hybridized carbons (Fsp3) is 0.579. The Morgan fingerprint density at radius 1 is 1.17 bits per heavy atom. The van der Waals surface area contributed by atoms with Gasteiger partial charge in [-0.15, -0.1) is 0 Å². The molecule has 0 aliphatic heterocycles. The molecule has 3 nitrogen and oxygen atoms in total. The first-order valence-corrected chi connectivity index (χ1v) is 9.90. The van der Waals surface area contributed by atoms with Gasteiger partial charge in [-0.3, -0.25) is 0 Å². The quantitative estimate of drug-likeness (QED) is 0.759. The number of hydrogen-bond acceptors (Lipinski definition) is 3. The Morgan fingerprint density at radius 3 is 2.17 bits per heavy atom. The Hall–Kier alpha value is -1.13. The maximum Gasteiger partial charge on any atom is 0.202 e. The van der Waals surface area contributed by atoms with Crippen LogP contribution >= 0.6 is 0 Å². The second-order valence-electron chi connectivity index (χ2n) is 6.62. The molecule has 0 aliphatic carbocycles. The van der Waals surface area contributed by atoms with Gasteiger partial charge in [0.25, 0.3) is 0 Å². The molecule has 0 amide bonds. The van der Waals surface area contributed by atoms with Crippen molar-refractivity contribution in [2.24, 2.45) is 11.8 Å². The van der Waals surface area contributed by atoms with Crippen LogP contribution in [0.5, 0.6) is 0 Å². The van der Waals surface area contributed by atoms with Gasteiger partial charge < -0.3 is 5.11 Å². The van der Waals surface area contributed by atoms with Gasteiger partial charge in [-0.25, -0.2) is 8.42 Å². The molecule has 4 heteroatoms. The summed E-state index contributed by atoms with van der Waals surface area (Å²) in [6.07, 6.45) is 3.54. The maximum atomic E-state index is 13.1. The summed E-state index contributed by atoms with van der Waals surface area (Å²) in [6.45, 7) is 9.72. The van der Waals surface area contributed by atoms with Crippen LogP contribution in [0.2, 0.25) is 0 Å². The van der Waals surface area contributed by atoms with Crippen molar-refractivity contribution in [2.75, 3.05) is 0 Å². The van der Waals surface area contributed by atoms with Crippen LogP contribution in [-0.4, -0.2) is 19.6 Å². The summed E-state index contributed by atoms with van der Waals surface area (Å²) >= 11 is 0. The van der Waals surface area contributed by atoms with Crippen LogP contribution in [0.1, 0.15) is 52.5 Å². The molecule has 0 heterocycles. The molecule has 1 aromatic rings. The van der Waals surface area contributed by atoms with Gasteiger partial charge in [0.1, 0.15) is 0 Å². The van der Waals surface area contributed by atoms with Gasteiger partial charge in [-0.05, 0) is 50.3 Å². The molecule has 0 unspecified atom stereocenters. The third-order valence-electron chi connectivity index (χ3n) is 4.09. The Bertz CT molecular complexity index is 611. The average Bonchev–Trinajstić information content (AvgIpc) is 2.46. The first-order valence-electron chi connectivity index (χ1n) is 8.41. The summed E-state index contributed by atoms with van der Waals surface area (Å²) in [7, 11) is -3.59. The number of allylic oxidation sites excluding steroid dienone is 1. The Kier molecular flexibility index (Phi) is 7.49. The predicted octanol–water partition coefficient (Wildman–Crippen LogP) is 4.50. The highest BCUT2D eigenvalue weighted by Crippen LogP contribution is 2.34. The number of unbranched alkanes of at least 4 members (excludes halogenated alkanes) is 1. The van der Waals surface area contributed by atoms with Crippen molar-refractivity contribution in [3.05, 3.63) is 40.8 Å². The minimum absolute atomic E-state index is 0.0733. The van der Waals surface area contributed by atoms with Crippen molar-refractivity contribution < 1.29 is 13.5 Å². The molecule has 1 N–H and O–H groups in total. The molecule has 1 aromatic carbocycles. The maximum absolute atomic E-state index is 13.1. The van der Waals surface area contributed by atoms with E-state index in [4.69, 9.17) is 0 Å².